The van der Waals surface area contributed by atoms with Gasteiger partial charge in [-0.2, -0.15) is 0 Å². The number of benzene rings is 9. The van der Waals surface area contributed by atoms with Crippen molar-refractivity contribution in [3.8, 4) is 22.5 Å². The van der Waals surface area contributed by atoms with Crippen molar-refractivity contribution in [2.45, 2.75) is 0 Å². The van der Waals surface area contributed by atoms with Crippen molar-refractivity contribution in [2.24, 2.45) is 0 Å². The maximum Gasteiger partial charge on any atom is 0.179 e. The molecule has 11 rings (SSSR count). The highest BCUT2D eigenvalue weighted by atomic mass is 28.3. The summed E-state index contributed by atoms with van der Waals surface area (Å²) < 4.78 is 4.94. The second kappa shape index (κ2) is 13.5. The minimum absolute atomic E-state index is 1.14. The molecule has 0 bridgehead atoms. The quantitative estimate of drug-likeness (QED) is 0.114. The van der Waals surface area contributed by atoms with Crippen molar-refractivity contribution in [2.75, 3.05) is 0 Å². The Balaban J connectivity index is 1.18. The van der Waals surface area contributed by atoms with E-state index >= 15 is 0 Å². The Morgan fingerprint density at radius 3 is 1.39 bits per heavy atom. The van der Waals surface area contributed by atoms with Gasteiger partial charge in [-0.15, -0.1) is 0 Å². The maximum atomic E-state index is 2.49. The molecule has 2 nitrogen and oxygen atoms in total. The van der Waals surface area contributed by atoms with E-state index in [1.807, 2.05) is 0 Å². The normalized spacial score (nSPS) is 11.9. The smallest absolute Gasteiger partial charge is 0.179 e. The third-order valence-electron chi connectivity index (χ3n) is 11.9. The molecule has 0 atom stereocenters. The zero-order chi connectivity index (χ0) is 37.8. The SMILES string of the molecule is c1ccc(-c2cccc3c2c2ccccc2n3-c2ccc3c4ccccc4n(-c4cccc([Si](c5ccccc5)(c5ccccc5)c5ccccc5)c4)c3c2)cc1. The van der Waals surface area contributed by atoms with E-state index in [1.54, 1.807) is 0 Å². The number of hydrogen-bond acceptors (Lipinski definition) is 0. The van der Waals surface area contributed by atoms with Crippen LogP contribution in [0.3, 0.4) is 0 Å². The number of para-hydroxylation sites is 2. The molecule has 0 fully saturated rings. The summed E-state index contributed by atoms with van der Waals surface area (Å²) in [7, 11) is -2.75. The van der Waals surface area contributed by atoms with Crippen molar-refractivity contribution in [3.05, 3.63) is 231 Å². The van der Waals surface area contributed by atoms with Gasteiger partial charge in [0.25, 0.3) is 0 Å². The molecule has 268 valence electrons. The fraction of sp³-hybridized carbons (Fsp3) is 0. The van der Waals surface area contributed by atoms with Crippen molar-refractivity contribution in [1.29, 1.82) is 0 Å². The van der Waals surface area contributed by atoms with Gasteiger partial charge in [-0.3, -0.25) is 0 Å². The molecule has 0 aliphatic heterocycles. The fourth-order valence-corrected chi connectivity index (χ4v) is 14.3. The molecule has 0 saturated carbocycles. The molecule has 0 spiro atoms. The van der Waals surface area contributed by atoms with E-state index in [0.717, 1.165) is 11.4 Å². The first-order chi connectivity index (χ1) is 28.3. The lowest BCUT2D eigenvalue weighted by Crippen LogP contribution is -2.74. The van der Waals surface area contributed by atoms with E-state index in [1.165, 1.54) is 75.5 Å². The summed E-state index contributed by atoms with van der Waals surface area (Å²) in [6.45, 7) is 0. The number of hydrogen-bond donors (Lipinski definition) is 0. The van der Waals surface area contributed by atoms with Crippen molar-refractivity contribution >= 4 is 72.4 Å². The predicted octanol–water partition coefficient (Wildman–Crippen LogP) is 10.9. The number of fused-ring (bicyclic) bond motifs is 6. The van der Waals surface area contributed by atoms with Crippen LogP contribution < -0.4 is 20.7 Å². The predicted molar refractivity (Wildman–Crippen MR) is 244 cm³/mol. The Bertz CT molecular complexity index is 3120. The summed E-state index contributed by atoms with van der Waals surface area (Å²) in [5.41, 5.74) is 9.55. The van der Waals surface area contributed by atoms with Gasteiger partial charge in [0, 0.05) is 32.9 Å². The van der Waals surface area contributed by atoms with Crippen molar-refractivity contribution in [3.63, 3.8) is 0 Å². The maximum absolute atomic E-state index is 2.75. The van der Waals surface area contributed by atoms with Crippen LogP contribution in [0.1, 0.15) is 0 Å². The van der Waals surface area contributed by atoms with E-state index in [9.17, 15) is 0 Å². The van der Waals surface area contributed by atoms with Crippen LogP contribution in [-0.4, -0.2) is 17.2 Å². The molecule has 2 aromatic heterocycles. The summed E-state index contributed by atoms with van der Waals surface area (Å²) in [4.78, 5) is 0. The van der Waals surface area contributed by atoms with Crippen LogP contribution in [0.2, 0.25) is 0 Å². The molecule has 0 aliphatic carbocycles. The monoisotopic (exact) mass is 742 g/mol. The molecule has 3 heteroatoms. The van der Waals surface area contributed by atoms with Gasteiger partial charge in [0.05, 0.1) is 22.1 Å². The Kier molecular flexibility index (Phi) is 7.87. The third kappa shape index (κ3) is 5.17. The van der Waals surface area contributed by atoms with Crippen LogP contribution in [0.4, 0.5) is 0 Å². The lowest BCUT2D eigenvalue weighted by atomic mass is 9.99. The van der Waals surface area contributed by atoms with Crippen LogP contribution in [0.15, 0.2) is 231 Å². The van der Waals surface area contributed by atoms with Gasteiger partial charge in [0.1, 0.15) is 0 Å². The zero-order valence-electron chi connectivity index (χ0n) is 31.3. The molecule has 0 unspecified atom stereocenters. The fourth-order valence-electron chi connectivity index (χ4n) is 9.47. The standard InChI is InChI=1S/C54H38N2Si/c1-5-19-39(20-6-1)46-31-18-34-52-54(46)49-30-14-16-33-51(49)55(52)41-35-36-48-47-29-13-15-32-50(47)56(53(48)38-41)40-21-17-28-45(37-40)57(42-22-7-2-8-23-42,43-24-9-3-10-25-43)44-26-11-4-12-27-44/h1-38H. The molecule has 0 radical (unpaired) electrons. The highest BCUT2D eigenvalue weighted by molar-refractivity contribution is 7.19. The number of rotatable bonds is 7. The summed E-state index contributed by atoms with van der Waals surface area (Å²) in [6.07, 6.45) is 0. The van der Waals surface area contributed by atoms with Gasteiger partial charge in [-0.1, -0.05) is 188 Å². The van der Waals surface area contributed by atoms with Crippen molar-refractivity contribution in [1.82, 2.24) is 9.13 Å². The van der Waals surface area contributed by atoms with Gasteiger partial charge in [-0.25, -0.2) is 0 Å². The molecular weight excluding hydrogens is 705 g/mol. The van der Waals surface area contributed by atoms with Crippen LogP contribution in [0.5, 0.6) is 0 Å². The van der Waals surface area contributed by atoms with E-state index in [0.29, 0.717) is 0 Å². The average molecular weight is 743 g/mol. The van der Waals surface area contributed by atoms with Gasteiger partial charge in [-0.05, 0) is 74.3 Å². The summed E-state index contributed by atoms with van der Waals surface area (Å²) >= 11 is 0. The zero-order valence-corrected chi connectivity index (χ0v) is 32.3. The summed E-state index contributed by atoms with van der Waals surface area (Å²) in [5, 5.41) is 10.5. The highest BCUT2D eigenvalue weighted by Crippen LogP contribution is 2.40. The molecule has 0 saturated heterocycles. The second-order valence-corrected chi connectivity index (χ2v) is 18.7. The first-order valence-corrected chi connectivity index (χ1v) is 21.7. The van der Waals surface area contributed by atoms with E-state index < -0.39 is 8.07 Å². The Morgan fingerprint density at radius 1 is 0.281 bits per heavy atom. The Labute approximate surface area is 333 Å². The summed E-state index contributed by atoms with van der Waals surface area (Å²) in [6, 6.07) is 85.2. The first-order valence-electron chi connectivity index (χ1n) is 19.7. The summed E-state index contributed by atoms with van der Waals surface area (Å²) in [5.74, 6) is 0. The lowest BCUT2D eigenvalue weighted by molar-refractivity contribution is 1.16. The second-order valence-electron chi connectivity index (χ2n) is 14.9. The van der Waals surface area contributed by atoms with E-state index in [4.69, 9.17) is 0 Å². The van der Waals surface area contributed by atoms with Crippen LogP contribution >= 0.6 is 0 Å². The lowest BCUT2D eigenvalue weighted by Gasteiger charge is -2.34. The molecule has 57 heavy (non-hydrogen) atoms. The van der Waals surface area contributed by atoms with Crippen LogP contribution in [-0.2, 0) is 0 Å². The van der Waals surface area contributed by atoms with E-state index in [-0.39, 0.29) is 0 Å². The van der Waals surface area contributed by atoms with Crippen molar-refractivity contribution < 1.29 is 0 Å². The molecule has 2 heterocycles. The molecular formula is C54H38N2Si. The largest absolute Gasteiger partial charge is 0.309 e. The van der Waals surface area contributed by atoms with Gasteiger partial charge in [0.15, 0.2) is 8.07 Å². The molecule has 0 N–H and O–H groups in total. The number of nitrogens with zero attached hydrogens (tertiary/aromatic N) is 2. The molecule has 11 aromatic rings. The molecule has 9 aromatic carbocycles. The van der Waals surface area contributed by atoms with Gasteiger partial charge >= 0.3 is 0 Å². The Hall–Kier alpha value is -7.20. The highest BCUT2D eigenvalue weighted by Gasteiger charge is 2.41. The molecule has 0 amide bonds. The molecule has 0 aliphatic rings. The minimum atomic E-state index is -2.75. The van der Waals surface area contributed by atoms with E-state index in [2.05, 4.69) is 240 Å². The van der Waals surface area contributed by atoms with Gasteiger partial charge < -0.3 is 9.13 Å². The Morgan fingerprint density at radius 2 is 0.737 bits per heavy atom. The van der Waals surface area contributed by atoms with Crippen LogP contribution in [0.25, 0.3) is 66.1 Å². The first kappa shape index (κ1) is 33.2. The number of aromatic nitrogens is 2. The minimum Gasteiger partial charge on any atom is -0.309 e. The van der Waals surface area contributed by atoms with Gasteiger partial charge in [0.2, 0.25) is 0 Å². The topological polar surface area (TPSA) is 9.86 Å². The van der Waals surface area contributed by atoms with Crippen LogP contribution in [0, 0.1) is 0 Å². The third-order valence-corrected chi connectivity index (χ3v) is 16.6. The average Bonchev–Trinajstić information content (AvgIpc) is 3.81.